The highest BCUT2D eigenvalue weighted by molar-refractivity contribution is 6.10. The highest BCUT2D eigenvalue weighted by Gasteiger charge is 2.20. The van der Waals surface area contributed by atoms with E-state index in [2.05, 4.69) is 24.5 Å². The van der Waals surface area contributed by atoms with E-state index in [0.717, 1.165) is 12.0 Å². The van der Waals surface area contributed by atoms with Crippen molar-refractivity contribution in [3.8, 4) is 5.75 Å². The summed E-state index contributed by atoms with van der Waals surface area (Å²) in [6.45, 7) is 5.96. The summed E-state index contributed by atoms with van der Waals surface area (Å²) >= 11 is 0. The van der Waals surface area contributed by atoms with Gasteiger partial charge in [0.1, 0.15) is 5.75 Å². The number of anilines is 2. The van der Waals surface area contributed by atoms with Crippen molar-refractivity contribution in [2.24, 2.45) is 0 Å². The van der Waals surface area contributed by atoms with Crippen LogP contribution in [0.2, 0.25) is 0 Å². The topological polar surface area (TPSA) is 67.4 Å². The monoisotopic (exact) mass is 416 g/mol. The van der Waals surface area contributed by atoms with Crippen molar-refractivity contribution in [3.05, 3.63) is 90.0 Å². The van der Waals surface area contributed by atoms with E-state index in [1.807, 2.05) is 54.6 Å². The van der Waals surface area contributed by atoms with Crippen LogP contribution < -0.4 is 15.4 Å². The number of carbonyl (C=O) groups excluding carboxylic acids is 2. The van der Waals surface area contributed by atoms with Gasteiger partial charge in [-0.1, -0.05) is 62.4 Å². The van der Waals surface area contributed by atoms with Crippen molar-refractivity contribution >= 4 is 23.2 Å². The summed E-state index contributed by atoms with van der Waals surface area (Å²) in [5.74, 6) is 0.417. The molecule has 0 saturated heterocycles. The molecule has 2 N–H and O–H groups in total. The largest absolute Gasteiger partial charge is 0.481 e. The van der Waals surface area contributed by atoms with Gasteiger partial charge in [-0.25, -0.2) is 0 Å². The zero-order valence-electron chi connectivity index (χ0n) is 18.1. The Morgan fingerprint density at radius 2 is 1.48 bits per heavy atom. The summed E-state index contributed by atoms with van der Waals surface area (Å²) in [6, 6.07) is 23.9. The maximum Gasteiger partial charge on any atom is 0.265 e. The first kappa shape index (κ1) is 22.1. The number of hydrogen-bond acceptors (Lipinski definition) is 3. The van der Waals surface area contributed by atoms with Crippen LogP contribution in [0, 0.1) is 0 Å². The van der Waals surface area contributed by atoms with Crippen LogP contribution in [0.1, 0.15) is 49.0 Å². The lowest BCUT2D eigenvalue weighted by atomic mass is 9.98. The van der Waals surface area contributed by atoms with E-state index in [0.29, 0.717) is 28.6 Å². The van der Waals surface area contributed by atoms with E-state index in [4.69, 9.17) is 4.74 Å². The summed E-state index contributed by atoms with van der Waals surface area (Å²) in [5, 5.41) is 5.68. The van der Waals surface area contributed by atoms with Crippen LogP contribution in [-0.2, 0) is 4.79 Å². The number of carbonyl (C=O) groups is 2. The van der Waals surface area contributed by atoms with Crippen molar-refractivity contribution in [1.29, 1.82) is 0 Å². The fraction of sp³-hybridized carbons (Fsp3) is 0.231. The maximum absolute atomic E-state index is 12.8. The second kappa shape index (κ2) is 10.4. The van der Waals surface area contributed by atoms with Gasteiger partial charge in [0.2, 0.25) is 0 Å². The van der Waals surface area contributed by atoms with E-state index in [1.165, 1.54) is 0 Å². The number of amides is 2. The first-order chi connectivity index (χ1) is 15.0. The Kier molecular flexibility index (Phi) is 7.44. The van der Waals surface area contributed by atoms with Crippen molar-refractivity contribution in [3.63, 3.8) is 0 Å². The van der Waals surface area contributed by atoms with E-state index in [-0.39, 0.29) is 11.8 Å². The van der Waals surface area contributed by atoms with Crippen molar-refractivity contribution in [2.75, 3.05) is 10.6 Å². The fourth-order valence-electron chi connectivity index (χ4n) is 3.20. The molecule has 0 fully saturated rings. The molecule has 0 spiro atoms. The van der Waals surface area contributed by atoms with Gasteiger partial charge in [-0.05, 0) is 55.2 Å². The van der Waals surface area contributed by atoms with E-state index in [9.17, 15) is 9.59 Å². The van der Waals surface area contributed by atoms with Gasteiger partial charge in [-0.3, -0.25) is 9.59 Å². The average Bonchev–Trinajstić information content (AvgIpc) is 2.79. The van der Waals surface area contributed by atoms with Crippen LogP contribution in [0.25, 0.3) is 0 Å². The fourth-order valence-corrected chi connectivity index (χ4v) is 3.20. The third kappa shape index (κ3) is 5.72. The molecule has 0 aliphatic rings. The van der Waals surface area contributed by atoms with Gasteiger partial charge in [-0.2, -0.15) is 0 Å². The third-order valence-electron chi connectivity index (χ3n) is 5.20. The summed E-state index contributed by atoms with van der Waals surface area (Å²) in [7, 11) is 0. The molecule has 0 saturated carbocycles. The Morgan fingerprint density at radius 3 is 2.23 bits per heavy atom. The normalized spacial score (nSPS) is 12.5. The second-order valence-corrected chi connectivity index (χ2v) is 7.46. The van der Waals surface area contributed by atoms with Crippen LogP contribution in [0.5, 0.6) is 5.75 Å². The second-order valence-electron chi connectivity index (χ2n) is 7.46. The molecule has 3 aromatic carbocycles. The van der Waals surface area contributed by atoms with Gasteiger partial charge in [0.05, 0.1) is 11.3 Å². The van der Waals surface area contributed by atoms with E-state index in [1.54, 1.807) is 31.2 Å². The summed E-state index contributed by atoms with van der Waals surface area (Å²) in [6.07, 6.45) is 0.251. The molecule has 0 aliphatic carbocycles. The van der Waals surface area contributed by atoms with Gasteiger partial charge >= 0.3 is 0 Å². The summed E-state index contributed by atoms with van der Waals surface area (Å²) in [4.78, 5) is 25.6. The first-order valence-electron chi connectivity index (χ1n) is 10.5. The number of rotatable bonds is 8. The molecular formula is C26H28N2O3. The molecule has 31 heavy (non-hydrogen) atoms. The molecule has 0 aromatic heterocycles. The van der Waals surface area contributed by atoms with Crippen molar-refractivity contribution in [1.82, 2.24) is 0 Å². The van der Waals surface area contributed by atoms with Crippen molar-refractivity contribution in [2.45, 2.75) is 39.2 Å². The number of nitrogens with one attached hydrogen (secondary N) is 2. The molecule has 2 unspecified atom stereocenters. The Labute approximate surface area is 183 Å². The highest BCUT2D eigenvalue weighted by Crippen LogP contribution is 2.29. The SMILES string of the molecule is CCC(C)c1ccccc1OC(C)C(=O)Nc1ccccc1C(=O)Nc1ccccc1. The lowest BCUT2D eigenvalue weighted by Gasteiger charge is -2.20. The van der Waals surface area contributed by atoms with E-state index >= 15 is 0 Å². The number of para-hydroxylation sites is 3. The summed E-state index contributed by atoms with van der Waals surface area (Å²) < 4.78 is 5.99. The lowest BCUT2D eigenvalue weighted by molar-refractivity contribution is -0.122. The zero-order valence-corrected chi connectivity index (χ0v) is 18.1. The predicted molar refractivity (Wildman–Crippen MR) is 125 cm³/mol. The van der Waals surface area contributed by atoms with Crippen molar-refractivity contribution < 1.29 is 14.3 Å². The maximum atomic E-state index is 12.8. The van der Waals surface area contributed by atoms with Crippen LogP contribution in [0.4, 0.5) is 11.4 Å². The van der Waals surface area contributed by atoms with E-state index < -0.39 is 6.10 Å². The third-order valence-corrected chi connectivity index (χ3v) is 5.20. The molecule has 5 nitrogen and oxygen atoms in total. The molecule has 0 aliphatic heterocycles. The minimum atomic E-state index is -0.726. The Balaban J connectivity index is 1.72. The van der Waals surface area contributed by atoms with Gasteiger partial charge < -0.3 is 15.4 Å². The van der Waals surface area contributed by atoms with Gasteiger partial charge in [0.25, 0.3) is 11.8 Å². The minimum absolute atomic E-state index is 0.294. The Hall–Kier alpha value is -3.60. The molecule has 0 heterocycles. The van der Waals surface area contributed by atoms with Crippen LogP contribution >= 0.6 is 0 Å². The molecule has 160 valence electrons. The molecule has 0 bridgehead atoms. The summed E-state index contributed by atoms with van der Waals surface area (Å²) in [5.41, 5.74) is 2.58. The molecule has 5 heteroatoms. The standard InChI is InChI=1S/C26H28N2O3/c1-4-18(2)21-14-9-11-17-24(21)31-19(3)25(29)28-23-16-10-8-15-22(23)26(30)27-20-12-6-5-7-13-20/h5-19H,4H2,1-3H3,(H,27,30)(H,28,29). The Morgan fingerprint density at radius 1 is 0.839 bits per heavy atom. The minimum Gasteiger partial charge on any atom is -0.481 e. The molecular weight excluding hydrogens is 388 g/mol. The smallest absolute Gasteiger partial charge is 0.265 e. The molecule has 3 aromatic rings. The lowest BCUT2D eigenvalue weighted by Crippen LogP contribution is -2.31. The molecule has 2 atom stereocenters. The zero-order chi connectivity index (χ0) is 22.2. The van der Waals surface area contributed by atoms with Gasteiger partial charge in [0, 0.05) is 5.69 Å². The number of benzene rings is 3. The van der Waals surface area contributed by atoms with Crippen LogP contribution in [0.15, 0.2) is 78.9 Å². The van der Waals surface area contributed by atoms with Crippen LogP contribution in [0.3, 0.4) is 0 Å². The predicted octanol–water partition coefficient (Wildman–Crippen LogP) is 5.86. The molecule has 0 radical (unpaired) electrons. The number of ether oxygens (including phenoxy) is 1. The first-order valence-corrected chi connectivity index (χ1v) is 10.5. The quantitative estimate of drug-likeness (QED) is 0.483. The molecule has 2 amide bonds. The number of hydrogen-bond donors (Lipinski definition) is 2. The average molecular weight is 417 g/mol. The molecule has 3 rings (SSSR count). The van der Waals surface area contributed by atoms with Gasteiger partial charge in [-0.15, -0.1) is 0 Å². The Bertz CT molecular complexity index is 1030. The highest BCUT2D eigenvalue weighted by atomic mass is 16.5. The van der Waals surface area contributed by atoms with Crippen LogP contribution in [-0.4, -0.2) is 17.9 Å². The van der Waals surface area contributed by atoms with Gasteiger partial charge in [0.15, 0.2) is 6.10 Å².